The Morgan fingerprint density at radius 3 is 3.21 bits per heavy atom. The van der Waals surface area contributed by atoms with Gasteiger partial charge < -0.3 is 5.32 Å². The molecule has 1 aliphatic rings. The molecule has 0 spiro atoms. The standard InChI is InChI=1S/C12H17NS/c1-2-3-7-13-9-11-8-10-5-4-6-12(10)14-11/h2-3,8,13H,4-7,9H2,1H3/b3-2+. The smallest absolute Gasteiger partial charge is 0.0302 e. The Hall–Kier alpha value is -0.600. The zero-order valence-electron chi connectivity index (χ0n) is 8.68. The monoisotopic (exact) mass is 207 g/mol. The molecule has 0 radical (unpaired) electrons. The van der Waals surface area contributed by atoms with E-state index in [2.05, 4.69) is 30.5 Å². The average Bonchev–Trinajstić information content (AvgIpc) is 2.72. The predicted molar refractivity (Wildman–Crippen MR) is 62.9 cm³/mol. The zero-order valence-corrected chi connectivity index (χ0v) is 9.49. The van der Waals surface area contributed by atoms with Crippen LogP contribution >= 0.6 is 11.3 Å². The van der Waals surface area contributed by atoms with Crippen LogP contribution in [0.1, 0.15) is 28.7 Å². The molecule has 2 rings (SSSR count). The quantitative estimate of drug-likeness (QED) is 0.591. The summed E-state index contributed by atoms with van der Waals surface area (Å²) in [6.45, 7) is 4.07. The third-order valence-corrected chi connectivity index (χ3v) is 3.83. The van der Waals surface area contributed by atoms with E-state index < -0.39 is 0 Å². The van der Waals surface area contributed by atoms with Gasteiger partial charge in [0.15, 0.2) is 0 Å². The van der Waals surface area contributed by atoms with Crippen LogP contribution in [0.2, 0.25) is 0 Å². The maximum absolute atomic E-state index is 3.41. The molecule has 14 heavy (non-hydrogen) atoms. The van der Waals surface area contributed by atoms with Crippen molar-refractivity contribution < 1.29 is 0 Å². The molecule has 1 aromatic heterocycles. The van der Waals surface area contributed by atoms with Gasteiger partial charge in [-0.3, -0.25) is 0 Å². The zero-order chi connectivity index (χ0) is 9.80. The number of hydrogen-bond donors (Lipinski definition) is 1. The molecule has 0 bridgehead atoms. The predicted octanol–water partition coefficient (Wildman–Crippen LogP) is 2.90. The van der Waals surface area contributed by atoms with Gasteiger partial charge in [0.25, 0.3) is 0 Å². The summed E-state index contributed by atoms with van der Waals surface area (Å²) in [5.74, 6) is 0. The highest BCUT2D eigenvalue weighted by atomic mass is 32.1. The van der Waals surface area contributed by atoms with Crippen molar-refractivity contribution in [3.8, 4) is 0 Å². The van der Waals surface area contributed by atoms with Crippen LogP contribution in [0.3, 0.4) is 0 Å². The molecule has 0 saturated heterocycles. The van der Waals surface area contributed by atoms with E-state index in [0.717, 1.165) is 13.1 Å². The first-order valence-electron chi connectivity index (χ1n) is 5.32. The summed E-state index contributed by atoms with van der Waals surface area (Å²) in [7, 11) is 0. The first-order valence-corrected chi connectivity index (χ1v) is 6.14. The van der Waals surface area contributed by atoms with Gasteiger partial charge in [-0.25, -0.2) is 0 Å². The molecule has 0 atom stereocenters. The molecule has 0 saturated carbocycles. The second-order valence-corrected chi connectivity index (χ2v) is 4.94. The maximum Gasteiger partial charge on any atom is 0.0302 e. The van der Waals surface area contributed by atoms with E-state index in [1.54, 1.807) is 10.4 Å². The third-order valence-electron chi connectivity index (χ3n) is 2.59. The maximum atomic E-state index is 3.41. The highest BCUT2D eigenvalue weighted by molar-refractivity contribution is 7.12. The fourth-order valence-corrected chi connectivity index (χ4v) is 3.10. The van der Waals surface area contributed by atoms with E-state index in [-0.39, 0.29) is 0 Å². The van der Waals surface area contributed by atoms with Crippen molar-refractivity contribution in [2.45, 2.75) is 32.7 Å². The van der Waals surface area contributed by atoms with Crippen molar-refractivity contribution in [3.05, 3.63) is 33.5 Å². The topological polar surface area (TPSA) is 12.0 Å². The molecule has 1 N–H and O–H groups in total. The summed E-state index contributed by atoms with van der Waals surface area (Å²) in [6, 6.07) is 2.38. The molecule has 2 heteroatoms. The third kappa shape index (κ3) is 2.25. The molecule has 0 aliphatic heterocycles. The molecule has 76 valence electrons. The minimum Gasteiger partial charge on any atom is -0.308 e. The minimum atomic E-state index is 0.985. The summed E-state index contributed by atoms with van der Waals surface area (Å²) >= 11 is 1.99. The summed E-state index contributed by atoms with van der Waals surface area (Å²) in [6.07, 6.45) is 8.23. The second kappa shape index (κ2) is 4.76. The lowest BCUT2D eigenvalue weighted by atomic mass is 10.2. The van der Waals surface area contributed by atoms with Crippen LogP contribution in [0, 0.1) is 0 Å². The summed E-state index contributed by atoms with van der Waals surface area (Å²) in [4.78, 5) is 3.13. The summed E-state index contributed by atoms with van der Waals surface area (Å²) in [5.41, 5.74) is 1.61. The van der Waals surface area contributed by atoms with Gasteiger partial charge in [0.1, 0.15) is 0 Å². The van der Waals surface area contributed by atoms with E-state index in [4.69, 9.17) is 0 Å². The molecule has 0 unspecified atom stereocenters. The summed E-state index contributed by atoms with van der Waals surface area (Å²) < 4.78 is 0. The number of allylic oxidation sites excluding steroid dienone is 1. The van der Waals surface area contributed by atoms with Gasteiger partial charge in [-0.2, -0.15) is 0 Å². The normalized spacial score (nSPS) is 15.2. The van der Waals surface area contributed by atoms with E-state index in [0.29, 0.717) is 0 Å². The largest absolute Gasteiger partial charge is 0.308 e. The van der Waals surface area contributed by atoms with Gasteiger partial charge in [0, 0.05) is 22.8 Å². The summed E-state index contributed by atoms with van der Waals surface area (Å²) in [5, 5.41) is 3.41. The Morgan fingerprint density at radius 2 is 2.43 bits per heavy atom. The first kappa shape index (κ1) is 9.94. The lowest BCUT2D eigenvalue weighted by Crippen LogP contribution is -2.11. The molecule has 1 aliphatic carbocycles. The molecule has 1 heterocycles. The Bertz CT molecular complexity index is 304. The molecule has 1 nitrogen and oxygen atoms in total. The van der Waals surface area contributed by atoms with Gasteiger partial charge in [-0.15, -0.1) is 11.3 Å². The number of rotatable bonds is 4. The lowest BCUT2D eigenvalue weighted by molar-refractivity contribution is 0.768. The van der Waals surface area contributed by atoms with Crippen LogP contribution in [0.15, 0.2) is 18.2 Å². The SMILES string of the molecule is C/C=C/CNCc1cc2c(s1)CCC2. The van der Waals surface area contributed by atoms with Crippen molar-refractivity contribution in [3.63, 3.8) is 0 Å². The van der Waals surface area contributed by atoms with Crippen molar-refractivity contribution in [2.24, 2.45) is 0 Å². The fraction of sp³-hybridized carbons (Fsp3) is 0.500. The Balaban J connectivity index is 1.85. The van der Waals surface area contributed by atoms with Gasteiger partial charge >= 0.3 is 0 Å². The van der Waals surface area contributed by atoms with Gasteiger partial charge in [0.2, 0.25) is 0 Å². The molecule has 1 aromatic rings. The second-order valence-electron chi connectivity index (χ2n) is 3.71. The van der Waals surface area contributed by atoms with Crippen LogP contribution in [-0.2, 0) is 19.4 Å². The molecule has 0 fully saturated rings. The molecular weight excluding hydrogens is 190 g/mol. The van der Waals surface area contributed by atoms with Gasteiger partial charge in [-0.1, -0.05) is 12.2 Å². The van der Waals surface area contributed by atoms with Gasteiger partial charge in [-0.05, 0) is 37.8 Å². The Morgan fingerprint density at radius 1 is 1.50 bits per heavy atom. The first-order chi connectivity index (χ1) is 6.90. The van der Waals surface area contributed by atoms with Crippen molar-refractivity contribution in [1.82, 2.24) is 5.32 Å². The highest BCUT2D eigenvalue weighted by Crippen LogP contribution is 2.30. The number of hydrogen-bond acceptors (Lipinski definition) is 2. The molecule has 0 aromatic carbocycles. The molecule has 0 amide bonds. The van der Waals surface area contributed by atoms with E-state index in [1.165, 1.54) is 24.1 Å². The van der Waals surface area contributed by atoms with Crippen molar-refractivity contribution >= 4 is 11.3 Å². The van der Waals surface area contributed by atoms with E-state index in [1.807, 2.05) is 11.3 Å². The lowest BCUT2D eigenvalue weighted by Gasteiger charge is -1.97. The van der Waals surface area contributed by atoms with E-state index >= 15 is 0 Å². The van der Waals surface area contributed by atoms with Crippen molar-refractivity contribution in [1.29, 1.82) is 0 Å². The fourth-order valence-electron chi connectivity index (χ4n) is 1.87. The van der Waals surface area contributed by atoms with Crippen LogP contribution in [0.5, 0.6) is 0 Å². The number of thiophene rings is 1. The van der Waals surface area contributed by atoms with Crippen LogP contribution in [0.25, 0.3) is 0 Å². The highest BCUT2D eigenvalue weighted by Gasteiger charge is 2.13. The average molecular weight is 207 g/mol. The van der Waals surface area contributed by atoms with E-state index in [9.17, 15) is 0 Å². The molecular formula is C12H17NS. The number of fused-ring (bicyclic) bond motifs is 1. The van der Waals surface area contributed by atoms with Crippen molar-refractivity contribution in [2.75, 3.05) is 6.54 Å². The van der Waals surface area contributed by atoms with Gasteiger partial charge in [0.05, 0.1) is 0 Å². The van der Waals surface area contributed by atoms with Crippen LogP contribution in [0.4, 0.5) is 0 Å². The Labute approximate surface area is 89.8 Å². The van der Waals surface area contributed by atoms with Crippen LogP contribution < -0.4 is 5.32 Å². The Kier molecular flexibility index (Phi) is 3.38. The number of nitrogens with one attached hydrogen (secondary N) is 1. The minimum absolute atomic E-state index is 0.985. The number of aryl methyl sites for hydroxylation is 2. The van der Waals surface area contributed by atoms with Crippen LogP contribution in [-0.4, -0.2) is 6.54 Å².